The summed E-state index contributed by atoms with van der Waals surface area (Å²) in [6, 6.07) is 4.46. The second-order valence-electron chi connectivity index (χ2n) is 5.12. The molecule has 88 valence electrons. The van der Waals surface area contributed by atoms with Gasteiger partial charge in [0.1, 0.15) is 0 Å². The molecular formula is C14H22N2. The second-order valence-corrected chi connectivity index (χ2v) is 5.12. The summed E-state index contributed by atoms with van der Waals surface area (Å²) in [7, 11) is 0. The highest BCUT2D eigenvalue weighted by Gasteiger charge is 2.22. The molecule has 1 aromatic heterocycles. The lowest BCUT2D eigenvalue weighted by Crippen LogP contribution is -2.28. The molecule has 16 heavy (non-hydrogen) atoms. The molecule has 0 aromatic carbocycles. The van der Waals surface area contributed by atoms with E-state index in [9.17, 15) is 0 Å². The topological polar surface area (TPSA) is 38.9 Å². The Hall–Kier alpha value is -0.890. The molecule has 0 bridgehead atoms. The van der Waals surface area contributed by atoms with Crippen LogP contribution in [0.15, 0.2) is 24.5 Å². The number of hydrogen-bond donors (Lipinski definition) is 1. The zero-order valence-corrected chi connectivity index (χ0v) is 10.1. The Morgan fingerprint density at radius 1 is 1.31 bits per heavy atom. The van der Waals surface area contributed by atoms with Crippen molar-refractivity contribution in [1.82, 2.24) is 4.98 Å². The quantitative estimate of drug-likeness (QED) is 0.843. The number of pyridine rings is 1. The lowest BCUT2D eigenvalue weighted by atomic mass is 9.87. The molecule has 2 N–H and O–H groups in total. The van der Waals surface area contributed by atoms with Crippen LogP contribution < -0.4 is 5.73 Å². The molecule has 1 fully saturated rings. The number of nitrogens with zero attached hydrogens (tertiary/aromatic N) is 1. The standard InChI is InChI=1S/C14H22N2/c1-11(13-6-8-16-9-7-13)14(15)10-12-4-2-3-5-12/h6-9,11-12,14H,2-5,10,15H2,1H3. The zero-order chi connectivity index (χ0) is 11.4. The number of hydrogen-bond acceptors (Lipinski definition) is 2. The molecule has 2 heteroatoms. The molecular weight excluding hydrogens is 196 g/mol. The van der Waals surface area contributed by atoms with E-state index >= 15 is 0 Å². The van der Waals surface area contributed by atoms with Gasteiger partial charge in [0.2, 0.25) is 0 Å². The summed E-state index contributed by atoms with van der Waals surface area (Å²) in [6.07, 6.45) is 10.5. The third kappa shape index (κ3) is 2.82. The second kappa shape index (κ2) is 5.44. The molecule has 2 nitrogen and oxygen atoms in total. The summed E-state index contributed by atoms with van der Waals surface area (Å²) in [5, 5.41) is 0. The maximum absolute atomic E-state index is 6.31. The van der Waals surface area contributed by atoms with E-state index in [-0.39, 0.29) is 0 Å². The van der Waals surface area contributed by atoms with Gasteiger partial charge in [-0.15, -0.1) is 0 Å². The Bertz CT molecular complexity index is 304. The van der Waals surface area contributed by atoms with Gasteiger partial charge in [0.25, 0.3) is 0 Å². The fourth-order valence-electron chi connectivity index (χ4n) is 2.75. The minimum atomic E-state index is 0.297. The molecule has 0 saturated heterocycles. The third-order valence-corrected chi connectivity index (χ3v) is 3.95. The van der Waals surface area contributed by atoms with Crippen molar-refractivity contribution in [2.45, 2.75) is 51.0 Å². The maximum Gasteiger partial charge on any atom is 0.0270 e. The van der Waals surface area contributed by atoms with Crippen molar-refractivity contribution in [1.29, 1.82) is 0 Å². The fraction of sp³-hybridized carbons (Fsp3) is 0.643. The Labute approximate surface area is 98.3 Å². The van der Waals surface area contributed by atoms with Crippen molar-refractivity contribution < 1.29 is 0 Å². The zero-order valence-electron chi connectivity index (χ0n) is 10.1. The van der Waals surface area contributed by atoms with Gasteiger partial charge in [0, 0.05) is 18.4 Å². The average molecular weight is 218 g/mol. The van der Waals surface area contributed by atoms with Crippen molar-refractivity contribution in [3.05, 3.63) is 30.1 Å². The van der Waals surface area contributed by atoms with Crippen molar-refractivity contribution in [2.75, 3.05) is 0 Å². The predicted octanol–water partition coefficient (Wildman–Crippen LogP) is 3.09. The van der Waals surface area contributed by atoms with Gasteiger partial charge >= 0.3 is 0 Å². The summed E-state index contributed by atoms with van der Waals surface area (Å²) in [6.45, 7) is 2.23. The van der Waals surface area contributed by atoms with E-state index in [1.165, 1.54) is 37.7 Å². The lowest BCUT2D eigenvalue weighted by Gasteiger charge is -2.23. The number of rotatable bonds is 4. The van der Waals surface area contributed by atoms with E-state index in [0.29, 0.717) is 12.0 Å². The van der Waals surface area contributed by atoms with E-state index in [0.717, 1.165) is 5.92 Å². The van der Waals surface area contributed by atoms with Crippen LogP contribution in [0.5, 0.6) is 0 Å². The highest BCUT2D eigenvalue weighted by Crippen LogP contribution is 2.31. The highest BCUT2D eigenvalue weighted by atomic mass is 14.7. The molecule has 1 saturated carbocycles. The van der Waals surface area contributed by atoms with Crippen molar-refractivity contribution in [3.8, 4) is 0 Å². The first kappa shape index (κ1) is 11.6. The van der Waals surface area contributed by atoms with Gasteiger partial charge in [-0.1, -0.05) is 32.6 Å². The minimum Gasteiger partial charge on any atom is -0.327 e. The summed E-state index contributed by atoms with van der Waals surface area (Å²) in [5.41, 5.74) is 7.63. The van der Waals surface area contributed by atoms with Crippen LogP contribution >= 0.6 is 0 Å². The molecule has 1 aliphatic rings. The van der Waals surface area contributed by atoms with Gasteiger partial charge in [-0.05, 0) is 36.0 Å². The molecule has 2 atom stereocenters. The minimum absolute atomic E-state index is 0.297. The van der Waals surface area contributed by atoms with Crippen LogP contribution in [0.4, 0.5) is 0 Å². The number of aromatic nitrogens is 1. The largest absolute Gasteiger partial charge is 0.327 e. The van der Waals surface area contributed by atoms with Gasteiger partial charge in [0.15, 0.2) is 0 Å². The van der Waals surface area contributed by atoms with E-state index in [4.69, 9.17) is 5.73 Å². The van der Waals surface area contributed by atoms with Crippen LogP contribution in [0.25, 0.3) is 0 Å². The van der Waals surface area contributed by atoms with E-state index in [2.05, 4.69) is 24.0 Å². The molecule has 1 aliphatic carbocycles. The Morgan fingerprint density at radius 3 is 2.56 bits per heavy atom. The highest BCUT2D eigenvalue weighted by molar-refractivity contribution is 5.16. The fourth-order valence-corrected chi connectivity index (χ4v) is 2.75. The Kier molecular flexibility index (Phi) is 3.94. The lowest BCUT2D eigenvalue weighted by molar-refractivity contribution is 0.409. The van der Waals surface area contributed by atoms with Crippen LogP contribution in [0.3, 0.4) is 0 Å². The molecule has 0 aliphatic heterocycles. The maximum atomic E-state index is 6.31. The first-order chi connectivity index (χ1) is 7.77. The van der Waals surface area contributed by atoms with Crippen LogP contribution in [0, 0.1) is 5.92 Å². The monoisotopic (exact) mass is 218 g/mol. The van der Waals surface area contributed by atoms with Crippen molar-refractivity contribution in [2.24, 2.45) is 11.7 Å². The van der Waals surface area contributed by atoms with E-state index in [1.807, 2.05) is 12.4 Å². The molecule has 1 heterocycles. The van der Waals surface area contributed by atoms with Crippen LogP contribution in [-0.2, 0) is 0 Å². The SMILES string of the molecule is CC(c1ccncc1)C(N)CC1CCCC1. The van der Waals surface area contributed by atoms with Gasteiger partial charge in [-0.3, -0.25) is 4.98 Å². The van der Waals surface area contributed by atoms with Crippen LogP contribution in [0.2, 0.25) is 0 Å². The molecule has 2 unspecified atom stereocenters. The number of nitrogens with two attached hydrogens (primary N) is 1. The van der Waals surface area contributed by atoms with E-state index < -0.39 is 0 Å². The first-order valence-electron chi connectivity index (χ1n) is 6.43. The normalized spacial score (nSPS) is 20.9. The summed E-state index contributed by atoms with van der Waals surface area (Å²) < 4.78 is 0. The van der Waals surface area contributed by atoms with Gasteiger partial charge < -0.3 is 5.73 Å². The summed E-state index contributed by atoms with van der Waals surface area (Å²) in [4.78, 5) is 4.05. The van der Waals surface area contributed by atoms with Gasteiger partial charge in [-0.2, -0.15) is 0 Å². The molecule has 2 rings (SSSR count). The Morgan fingerprint density at radius 2 is 1.94 bits per heavy atom. The first-order valence-corrected chi connectivity index (χ1v) is 6.43. The smallest absolute Gasteiger partial charge is 0.0270 e. The summed E-state index contributed by atoms with van der Waals surface area (Å²) >= 11 is 0. The van der Waals surface area contributed by atoms with Gasteiger partial charge in [0.05, 0.1) is 0 Å². The molecule has 0 radical (unpaired) electrons. The van der Waals surface area contributed by atoms with Crippen molar-refractivity contribution >= 4 is 0 Å². The molecule has 0 spiro atoms. The van der Waals surface area contributed by atoms with Crippen LogP contribution in [-0.4, -0.2) is 11.0 Å². The van der Waals surface area contributed by atoms with Crippen molar-refractivity contribution in [3.63, 3.8) is 0 Å². The predicted molar refractivity (Wildman–Crippen MR) is 67.2 cm³/mol. The third-order valence-electron chi connectivity index (χ3n) is 3.95. The van der Waals surface area contributed by atoms with Gasteiger partial charge in [-0.25, -0.2) is 0 Å². The molecule has 0 amide bonds. The summed E-state index contributed by atoms with van der Waals surface area (Å²) in [5.74, 6) is 1.32. The average Bonchev–Trinajstić information content (AvgIpc) is 2.82. The Balaban J connectivity index is 1.91. The molecule has 1 aromatic rings. The van der Waals surface area contributed by atoms with E-state index in [1.54, 1.807) is 0 Å². The van der Waals surface area contributed by atoms with Crippen LogP contribution in [0.1, 0.15) is 50.5 Å².